The molecule has 0 unspecified atom stereocenters. The minimum atomic E-state index is -4.90. The van der Waals surface area contributed by atoms with Crippen molar-refractivity contribution in [1.29, 1.82) is 0 Å². The van der Waals surface area contributed by atoms with Crippen LogP contribution in [0, 0.1) is 0 Å². The molecule has 152 valence electrons. The second-order valence-electron chi connectivity index (χ2n) is 5.63. The highest BCUT2D eigenvalue weighted by atomic mass is 19.4. The van der Waals surface area contributed by atoms with Gasteiger partial charge in [-0.1, -0.05) is 12.7 Å². The van der Waals surface area contributed by atoms with Gasteiger partial charge in [-0.2, -0.15) is 13.2 Å². The summed E-state index contributed by atoms with van der Waals surface area (Å²) in [6, 6.07) is 0. The van der Waals surface area contributed by atoms with Crippen molar-refractivity contribution in [2.45, 2.75) is 12.8 Å². The first-order valence-corrected chi connectivity index (χ1v) is 7.79. The van der Waals surface area contributed by atoms with Gasteiger partial charge in [0.25, 0.3) is 5.91 Å². The normalized spacial score (nSPS) is 11.5. The fraction of sp³-hybridized carbons (Fsp3) is 0.286. The van der Waals surface area contributed by atoms with Crippen LogP contribution in [0.3, 0.4) is 0 Å². The average Bonchev–Trinajstić information content (AvgIpc) is 3.25. The number of rotatable bonds is 6. The van der Waals surface area contributed by atoms with Crippen molar-refractivity contribution in [2.24, 2.45) is 19.8 Å². The molecule has 12 nitrogen and oxygen atoms in total. The van der Waals surface area contributed by atoms with Crippen LogP contribution >= 0.6 is 0 Å². The summed E-state index contributed by atoms with van der Waals surface area (Å²) >= 11 is 0. The van der Waals surface area contributed by atoms with Crippen molar-refractivity contribution < 1.29 is 22.7 Å². The SMILES string of the molecule is C=Cc1c(C(F)(F)F)nc(OCc2nnnn2C)c(C(N)=O)c1-c1nnnn1C. The van der Waals surface area contributed by atoms with E-state index in [0.29, 0.717) is 0 Å². The summed E-state index contributed by atoms with van der Waals surface area (Å²) in [5.74, 6) is -1.76. The number of primary amides is 1. The van der Waals surface area contributed by atoms with Crippen molar-refractivity contribution >= 4 is 12.0 Å². The van der Waals surface area contributed by atoms with Crippen molar-refractivity contribution in [3.63, 3.8) is 0 Å². The number of nitrogens with zero attached hydrogens (tertiary/aromatic N) is 9. The third-order valence-corrected chi connectivity index (χ3v) is 3.81. The van der Waals surface area contributed by atoms with Gasteiger partial charge in [0.2, 0.25) is 5.88 Å². The lowest BCUT2D eigenvalue weighted by Crippen LogP contribution is -2.21. The molecule has 0 radical (unpaired) electrons. The third kappa shape index (κ3) is 3.61. The maximum Gasteiger partial charge on any atom is 0.434 e. The number of hydrogen-bond donors (Lipinski definition) is 1. The van der Waals surface area contributed by atoms with E-state index in [1.807, 2.05) is 0 Å². The summed E-state index contributed by atoms with van der Waals surface area (Å²) < 4.78 is 48.7. The topological polar surface area (TPSA) is 152 Å². The van der Waals surface area contributed by atoms with E-state index in [9.17, 15) is 18.0 Å². The number of pyridine rings is 1. The van der Waals surface area contributed by atoms with Gasteiger partial charge in [0.05, 0.1) is 0 Å². The predicted octanol–water partition coefficient (Wildman–Crippen LogP) is 0.135. The smallest absolute Gasteiger partial charge is 0.434 e. The molecule has 3 aromatic rings. The van der Waals surface area contributed by atoms with Crippen LogP contribution in [0.4, 0.5) is 13.2 Å². The lowest BCUT2D eigenvalue weighted by atomic mass is 9.98. The Morgan fingerprint density at radius 1 is 1.21 bits per heavy atom. The molecule has 0 aliphatic heterocycles. The predicted molar refractivity (Wildman–Crippen MR) is 88.8 cm³/mol. The van der Waals surface area contributed by atoms with E-state index in [4.69, 9.17) is 10.5 Å². The summed E-state index contributed by atoms with van der Waals surface area (Å²) in [4.78, 5) is 15.7. The molecular formula is C14H13F3N10O2. The highest BCUT2D eigenvalue weighted by Gasteiger charge is 2.40. The molecular weight excluding hydrogens is 397 g/mol. The fourth-order valence-corrected chi connectivity index (χ4v) is 2.50. The lowest BCUT2D eigenvalue weighted by Gasteiger charge is -2.18. The van der Waals surface area contributed by atoms with Gasteiger partial charge in [0.15, 0.2) is 23.9 Å². The Bertz CT molecular complexity index is 1090. The van der Waals surface area contributed by atoms with Gasteiger partial charge in [0, 0.05) is 25.2 Å². The van der Waals surface area contributed by atoms with Crippen molar-refractivity contribution in [3.8, 4) is 17.3 Å². The maximum absolute atomic E-state index is 13.7. The molecule has 29 heavy (non-hydrogen) atoms. The Balaban J connectivity index is 2.29. The molecule has 15 heteroatoms. The van der Waals surface area contributed by atoms with E-state index in [-0.39, 0.29) is 23.8 Å². The third-order valence-electron chi connectivity index (χ3n) is 3.81. The Labute approximate surface area is 160 Å². The molecule has 0 spiro atoms. The van der Waals surface area contributed by atoms with Gasteiger partial charge in [-0.3, -0.25) is 4.79 Å². The zero-order valence-electron chi connectivity index (χ0n) is 15.0. The Morgan fingerprint density at radius 3 is 2.34 bits per heavy atom. The minimum Gasteiger partial charge on any atom is -0.469 e. The molecule has 0 bridgehead atoms. The highest BCUT2D eigenvalue weighted by molar-refractivity contribution is 6.03. The van der Waals surface area contributed by atoms with Gasteiger partial charge in [0.1, 0.15) is 5.56 Å². The first kappa shape index (κ1) is 19.8. The van der Waals surface area contributed by atoms with Gasteiger partial charge in [-0.05, 0) is 20.9 Å². The Kier molecular flexibility index (Phi) is 4.96. The number of amides is 1. The number of alkyl halides is 3. The second kappa shape index (κ2) is 7.25. The molecule has 0 saturated heterocycles. The van der Waals surface area contributed by atoms with E-state index in [2.05, 4.69) is 42.6 Å². The first-order chi connectivity index (χ1) is 13.6. The number of hydrogen-bond acceptors (Lipinski definition) is 9. The van der Waals surface area contributed by atoms with E-state index in [1.165, 1.54) is 18.8 Å². The Morgan fingerprint density at radius 2 is 1.86 bits per heavy atom. The number of carbonyl (C=O) groups is 1. The van der Waals surface area contributed by atoms with E-state index in [0.717, 1.165) is 10.8 Å². The van der Waals surface area contributed by atoms with Crippen LogP contribution in [0.25, 0.3) is 17.5 Å². The molecule has 0 saturated carbocycles. The van der Waals surface area contributed by atoms with Gasteiger partial charge < -0.3 is 10.5 Å². The van der Waals surface area contributed by atoms with E-state index >= 15 is 0 Å². The van der Waals surface area contributed by atoms with Crippen molar-refractivity contribution in [1.82, 2.24) is 45.4 Å². The number of halogens is 3. The Hall–Kier alpha value is -3.91. The molecule has 2 N–H and O–H groups in total. The van der Waals surface area contributed by atoms with Crippen LogP contribution in [-0.2, 0) is 26.9 Å². The molecule has 3 heterocycles. The van der Waals surface area contributed by atoms with Crippen LogP contribution in [0.2, 0.25) is 0 Å². The minimum absolute atomic E-state index is 0.160. The van der Waals surface area contributed by atoms with Crippen LogP contribution in [-0.4, -0.2) is 51.3 Å². The van der Waals surface area contributed by atoms with E-state index in [1.54, 1.807) is 0 Å². The summed E-state index contributed by atoms with van der Waals surface area (Å²) in [5, 5.41) is 21.3. The average molecular weight is 410 g/mol. The second-order valence-corrected chi connectivity index (χ2v) is 5.63. The number of tetrazole rings is 2. The zero-order chi connectivity index (χ0) is 21.3. The van der Waals surface area contributed by atoms with Crippen molar-refractivity contribution in [2.75, 3.05) is 0 Å². The summed E-state index contributed by atoms with van der Waals surface area (Å²) in [5.41, 5.74) is 2.82. The molecule has 0 aliphatic carbocycles. The van der Waals surface area contributed by atoms with Gasteiger partial charge in [-0.15, -0.1) is 10.2 Å². The summed E-state index contributed by atoms with van der Waals surface area (Å²) in [7, 11) is 2.88. The van der Waals surface area contributed by atoms with Crippen LogP contribution < -0.4 is 10.5 Å². The summed E-state index contributed by atoms with van der Waals surface area (Å²) in [6.07, 6.45) is -4.01. The quantitative estimate of drug-likeness (QED) is 0.598. The van der Waals surface area contributed by atoms with Gasteiger partial charge >= 0.3 is 6.18 Å². The zero-order valence-corrected chi connectivity index (χ0v) is 15.0. The molecule has 3 aromatic heterocycles. The number of ether oxygens (including phenoxy) is 1. The molecule has 0 fully saturated rings. The molecule has 0 aromatic carbocycles. The summed E-state index contributed by atoms with van der Waals surface area (Å²) in [6.45, 7) is 3.02. The molecule has 0 atom stereocenters. The number of nitrogens with two attached hydrogens (primary N) is 1. The largest absolute Gasteiger partial charge is 0.469 e. The van der Waals surface area contributed by atoms with Crippen LogP contribution in [0.15, 0.2) is 6.58 Å². The molecule has 1 amide bonds. The number of carbonyl (C=O) groups excluding carboxylic acids is 1. The van der Waals surface area contributed by atoms with Crippen LogP contribution in [0.5, 0.6) is 5.88 Å². The van der Waals surface area contributed by atoms with E-state index < -0.39 is 34.8 Å². The van der Waals surface area contributed by atoms with Crippen molar-refractivity contribution in [3.05, 3.63) is 29.2 Å². The lowest BCUT2D eigenvalue weighted by molar-refractivity contribution is -0.141. The maximum atomic E-state index is 13.7. The molecule has 0 aliphatic rings. The fourth-order valence-electron chi connectivity index (χ4n) is 2.50. The van der Waals surface area contributed by atoms with Gasteiger partial charge in [-0.25, -0.2) is 14.3 Å². The van der Waals surface area contributed by atoms with Crippen LogP contribution in [0.1, 0.15) is 27.4 Å². The monoisotopic (exact) mass is 410 g/mol. The number of aromatic nitrogens is 9. The standard InChI is InChI=1S/C14H13F3N10O2/c1-4-6-8(12-21-23-25-27(12)3)9(11(18)28)13(19-10(6)14(15,16)17)29-5-7-20-22-24-26(7)2/h4H,1,5H2,2-3H3,(H2,18,28). The molecule has 3 rings (SSSR count). The highest BCUT2D eigenvalue weighted by Crippen LogP contribution is 2.40. The number of aryl methyl sites for hydroxylation is 2. The first-order valence-electron chi connectivity index (χ1n) is 7.79.